The Hall–Kier alpha value is -1.48. The van der Waals surface area contributed by atoms with Gasteiger partial charge in [-0.3, -0.25) is 0 Å². The molecule has 16 heavy (non-hydrogen) atoms. The maximum absolute atomic E-state index is 12.8. The Balaban J connectivity index is 2.99. The van der Waals surface area contributed by atoms with Gasteiger partial charge in [0.1, 0.15) is 11.9 Å². The summed E-state index contributed by atoms with van der Waals surface area (Å²) in [6, 6.07) is 5.08. The van der Waals surface area contributed by atoms with E-state index in [9.17, 15) is 14.6 Å². The highest BCUT2D eigenvalue weighted by atomic mass is 19.1. The standard InChI is InChI=1S/C11H12FNO3/c12-8-1-2-9(7(5-8)6-13)11(16)10(15)3-4-14/h1-2,5,10-11,14-16H,3-4H2. The summed E-state index contributed by atoms with van der Waals surface area (Å²) in [6.45, 7) is -0.276. The molecule has 0 fully saturated rings. The lowest BCUT2D eigenvalue weighted by atomic mass is 9.98. The fraction of sp³-hybridized carbons (Fsp3) is 0.364. The van der Waals surface area contributed by atoms with Crippen molar-refractivity contribution in [2.24, 2.45) is 0 Å². The van der Waals surface area contributed by atoms with Gasteiger partial charge < -0.3 is 15.3 Å². The van der Waals surface area contributed by atoms with Crippen molar-refractivity contribution < 1.29 is 19.7 Å². The summed E-state index contributed by atoms with van der Waals surface area (Å²) in [6.07, 6.45) is -2.49. The minimum absolute atomic E-state index is 0.0105. The number of hydrogen-bond donors (Lipinski definition) is 3. The van der Waals surface area contributed by atoms with Crippen LogP contribution in [-0.4, -0.2) is 28.0 Å². The first kappa shape index (κ1) is 12.6. The Bertz CT molecular complexity index is 403. The van der Waals surface area contributed by atoms with Gasteiger partial charge in [0.05, 0.1) is 17.7 Å². The van der Waals surface area contributed by atoms with E-state index in [0.29, 0.717) is 0 Å². The molecule has 0 heterocycles. The SMILES string of the molecule is N#Cc1cc(F)ccc1C(O)C(O)CCO. The molecule has 0 saturated carbocycles. The second-order valence-electron chi connectivity index (χ2n) is 3.37. The van der Waals surface area contributed by atoms with Gasteiger partial charge in [-0.1, -0.05) is 6.07 Å². The number of halogens is 1. The Morgan fingerprint density at radius 2 is 2.06 bits per heavy atom. The fourth-order valence-electron chi connectivity index (χ4n) is 1.38. The van der Waals surface area contributed by atoms with Crippen LogP contribution in [0.15, 0.2) is 18.2 Å². The molecule has 0 aliphatic rings. The molecule has 5 heteroatoms. The largest absolute Gasteiger partial charge is 0.396 e. The average molecular weight is 225 g/mol. The first-order valence-corrected chi connectivity index (χ1v) is 4.76. The minimum Gasteiger partial charge on any atom is -0.396 e. The van der Waals surface area contributed by atoms with Crippen molar-refractivity contribution in [2.75, 3.05) is 6.61 Å². The number of aliphatic hydroxyl groups excluding tert-OH is 3. The van der Waals surface area contributed by atoms with Crippen LogP contribution in [0, 0.1) is 17.1 Å². The van der Waals surface area contributed by atoms with Crippen molar-refractivity contribution >= 4 is 0 Å². The smallest absolute Gasteiger partial charge is 0.124 e. The average Bonchev–Trinajstić information content (AvgIpc) is 2.28. The molecule has 0 aliphatic heterocycles. The lowest BCUT2D eigenvalue weighted by molar-refractivity contribution is 0.00404. The molecule has 0 spiro atoms. The van der Waals surface area contributed by atoms with E-state index in [0.717, 1.165) is 12.1 Å². The van der Waals surface area contributed by atoms with Gasteiger partial charge in [0.25, 0.3) is 0 Å². The van der Waals surface area contributed by atoms with Crippen LogP contribution in [0.25, 0.3) is 0 Å². The van der Waals surface area contributed by atoms with Gasteiger partial charge in [0, 0.05) is 12.2 Å². The summed E-state index contributed by atoms with van der Waals surface area (Å²) < 4.78 is 12.8. The summed E-state index contributed by atoms with van der Waals surface area (Å²) in [5.74, 6) is -0.579. The van der Waals surface area contributed by atoms with Gasteiger partial charge in [0.15, 0.2) is 0 Å². The third kappa shape index (κ3) is 2.76. The summed E-state index contributed by atoms with van der Waals surface area (Å²) in [7, 11) is 0. The Kier molecular flexibility index (Phi) is 4.38. The van der Waals surface area contributed by atoms with Crippen LogP contribution in [0.5, 0.6) is 0 Å². The van der Waals surface area contributed by atoms with Gasteiger partial charge in [-0.2, -0.15) is 5.26 Å². The maximum atomic E-state index is 12.8. The van der Waals surface area contributed by atoms with Crippen LogP contribution in [0.2, 0.25) is 0 Å². The predicted molar refractivity (Wildman–Crippen MR) is 53.8 cm³/mol. The predicted octanol–water partition coefficient (Wildman–Crippen LogP) is 0.474. The molecule has 0 aliphatic carbocycles. The molecule has 2 unspecified atom stereocenters. The Labute approximate surface area is 92.2 Å². The first-order valence-electron chi connectivity index (χ1n) is 4.76. The molecule has 86 valence electrons. The van der Waals surface area contributed by atoms with Gasteiger partial charge in [-0.25, -0.2) is 4.39 Å². The number of aliphatic hydroxyl groups is 3. The van der Waals surface area contributed by atoms with Crippen LogP contribution >= 0.6 is 0 Å². The maximum Gasteiger partial charge on any atom is 0.124 e. The monoisotopic (exact) mass is 225 g/mol. The number of nitriles is 1. The van der Waals surface area contributed by atoms with Gasteiger partial charge >= 0.3 is 0 Å². The molecule has 0 saturated heterocycles. The topological polar surface area (TPSA) is 84.5 Å². The van der Waals surface area contributed by atoms with E-state index in [1.807, 2.05) is 0 Å². The van der Waals surface area contributed by atoms with E-state index in [2.05, 4.69) is 0 Å². The minimum atomic E-state index is -1.30. The van der Waals surface area contributed by atoms with E-state index in [1.165, 1.54) is 6.07 Å². The molecular formula is C11H12FNO3. The first-order chi connectivity index (χ1) is 7.60. The van der Waals surface area contributed by atoms with Gasteiger partial charge in [-0.15, -0.1) is 0 Å². The fourth-order valence-corrected chi connectivity index (χ4v) is 1.38. The zero-order valence-corrected chi connectivity index (χ0v) is 8.47. The molecule has 1 aromatic carbocycles. The Morgan fingerprint density at radius 3 is 2.62 bits per heavy atom. The van der Waals surface area contributed by atoms with Gasteiger partial charge in [0.2, 0.25) is 0 Å². The van der Waals surface area contributed by atoms with Crippen molar-refractivity contribution in [2.45, 2.75) is 18.6 Å². The molecule has 2 atom stereocenters. The summed E-state index contributed by atoms with van der Waals surface area (Å²) in [4.78, 5) is 0. The third-order valence-electron chi connectivity index (χ3n) is 2.24. The molecule has 0 amide bonds. The second kappa shape index (κ2) is 5.56. The zero-order chi connectivity index (χ0) is 12.1. The normalized spacial score (nSPS) is 14.2. The summed E-state index contributed by atoms with van der Waals surface area (Å²) in [5.41, 5.74) is 0.134. The quantitative estimate of drug-likeness (QED) is 0.695. The lowest BCUT2D eigenvalue weighted by Gasteiger charge is -2.18. The van der Waals surface area contributed by atoms with Crippen LogP contribution in [0.3, 0.4) is 0 Å². The van der Waals surface area contributed by atoms with Crippen LogP contribution in [0.1, 0.15) is 23.7 Å². The second-order valence-corrected chi connectivity index (χ2v) is 3.37. The number of benzene rings is 1. The highest BCUT2D eigenvalue weighted by molar-refractivity contribution is 5.39. The molecule has 0 radical (unpaired) electrons. The molecular weight excluding hydrogens is 213 g/mol. The van der Waals surface area contributed by atoms with Gasteiger partial charge in [-0.05, 0) is 18.6 Å². The molecule has 1 aromatic rings. The van der Waals surface area contributed by atoms with Crippen molar-refractivity contribution in [3.8, 4) is 6.07 Å². The summed E-state index contributed by atoms with van der Waals surface area (Å²) in [5, 5.41) is 36.5. The van der Waals surface area contributed by atoms with E-state index < -0.39 is 18.0 Å². The van der Waals surface area contributed by atoms with Crippen LogP contribution in [-0.2, 0) is 0 Å². The number of nitrogens with zero attached hydrogens (tertiary/aromatic N) is 1. The lowest BCUT2D eigenvalue weighted by Crippen LogP contribution is -2.20. The van der Waals surface area contributed by atoms with Crippen molar-refractivity contribution in [1.29, 1.82) is 5.26 Å². The molecule has 3 N–H and O–H groups in total. The highest BCUT2D eigenvalue weighted by Gasteiger charge is 2.20. The summed E-state index contributed by atoms with van der Waals surface area (Å²) >= 11 is 0. The van der Waals surface area contributed by atoms with Crippen LogP contribution < -0.4 is 0 Å². The van der Waals surface area contributed by atoms with E-state index in [1.54, 1.807) is 6.07 Å². The molecule has 4 nitrogen and oxygen atoms in total. The number of hydrogen-bond acceptors (Lipinski definition) is 4. The molecule has 1 rings (SSSR count). The van der Waals surface area contributed by atoms with E-state index in [4.69, 9.17) is 10.4 Å². The number of rotatable bonds is 4. The third-order valence-corrected chi connectivity index (χ3v) is 2.24. The van der Waals surface area contributed by atoms with Crippen molar-refractivity contribution in [3.63, 3.8) is 0 Å². The van der Waals surface area contributed by atoms with Crippen molar-refractivity contribution in [1.82, 2.24) is 0 Å². The molecule has 0 bridgehead atoms. The highest BCUT2D eigenvalue weighted by Crippen LogP contribution is 2.23. The zero-order valence-electron chi connectivity index (χ0n) is 8.47. The molecule has 0 aromatic heterocycles. The van der Waals surface area contributed by atoms with E-state index >= 15 is 0 Å². The van der Waals surface area contributed by atoms with Crippen LogP contribution in [0.4, 0.5) is 4.39 Å². The van der Waals surface area contributed by atoms with Crippen molar-refractivity contribution in [3.05, 3.63) is 35.1 Å². The van der Waals surface area contributed by atoms with E-state index in [-0.39, 0.29) is 24.2 Å². The Morgan fingerprint density at radius 1 is 1.38 bits per heavy atom.